The summed E-state index contributed by atoms with van der Waals surface area (Å²) in [6, 6.07) is 11.4. The van der Waals surface area contributed by atoms with Gasteiger partial charge in [-0.1, -0.05) is 31.9 Å². The highest BCUT2D eigenvalue weighted by Crippen LogP contribution is 2.28. The van der Waals surface area contributed by atoms with Gasteiger partial charge in [0, 0.05) is 11.9 Å². The maximum absolute atomic E-state index is 4.70. The van der Waals surface area contributed by atoms with Gasteiger partial charge in [-0.05, 0) is 43.0 Å². The van der Waals surface area contributed by atoms with E-state index in [9.17, 15) is 0 Å². The SMILES string of the molecule is CCc1cccc(NCc2ccn(C3CCCC3)n2)c1. The molecule has 3 nitrogen and oxygen atoms in total. The first-order valence-corrected chi connectivity index (χ1v) is 7.72. The van der Waals surface area contributed by atoms with Gasteiger partial charge in [-0.2, -0.15) is 5.10 Å². The highest BCUT2D eigenvalue weighted by atomic mass is 15.3. The predicted octanol–water partition coefficient (Wildman–Crippen LogP) is 4.17. The summed E-state index contributed by atoms with van der Waals surface area (Å²) in [7, 11) is 0. The molecular weight excluding hydrogens is 246 g/mol. The lowest BCUT2D eigenvalue weighted by Crippen LogP contribution is -2.07. The molecule has 20 heavy (non-hydrogen) atoms. The minimum Gasteiger partial charge on any atom is -0.379 e. The minimum absolute atomic E-state index is 0.632. The predicted molar refractivity (Wildman–Crippen MR) is 82.9 cm³/mol. The molecule has 0 spiro atoms. The number of anilines is 1. The highest BCUT2D eigenvalue weighted by molar-refractivity contribution is 5.45. The van der Waals surface area contributed by atoms with Gasteiger partial charge >= 0.3 is 0 Å². The van der Waals surface area contributed by atoms with Crippen molar-refractivity contribution in [3.05, 3.63) is 47.8 Å². The standard InChI is InChI=1S/C17H23N3/c1-2-14-6-5-7-15(12-14)18-13-16-10-11-20(19-16)17-8-3-4-9-17/h5-7,10-12,17-18H,2-4,8-9,13H2,1H3. The Morgan fingerprint density at radius 1 is 1.25 bits per heavy atom. The molecule has 1 fully saturated rings. The van der Waals surface area contributed by atoms with Crippen LogP contribution in [0.3, 0.4) is 0 Å². The fourth-order valence-corrected chi connectivity index (χ4v) is 2.94. The second-order valence-electron chi connectivity index (χ2n) is 5.63. The zero-order valence-corrected chi connectivity index (χ0v) is 12.2. The van der Waals surface area contributed by atoms with Crippen molar-refractivity contribution < 1.29 is 0 Å². The van der Waals surface area contributed by atoms with E-state index in [0.29, 0.717) is 6.04 Å². The van der Waals surface area contributed by atoms with E-state index >= 15 is 0 Å². The summed E-state index contributed by atoms with van der Waals surface area (Å²) in [5, 5.41) is 8.17. The number of aromatic nitrogens is 2. The normalized spacial score (nSPS) is 15.7. The van der Waals surface area contributed by atoms with Gasteiger partial charge in [0.1, 0.15) is 0 Å². The first-order valence-electron chi connectivity index (χ1n) is 7.72. The lowest BCUT2D eigenvalue weighted by molar-refractivity contribution is 0.463. The monoisotopic (exact) mass is 269 g/mol. The zero-order valence-electron chi connectivity index (χ0n) is 12.2. The Morgan fingerprint density at radius 3 is 2.90 bits per heavy atom. The Labute approximate surface area is 121 Å². The Kier molecular flexibility index (Phi) is 4.05. The molecule has 2 aromatic rings. The van der Waals surface area contributed by atoms with E-state index in [1.54, 1.807) is 0 Å². The Morgan fingerprint density at radius 2 is 2.10 bits per heavy atom. The molecule has 106 valence electrons. The molecule has 0 saturated heterocycles. The van der Waals surface area contributed by atoms with Gasteiger partial charge in [0.05, 0.1) is 18.3 Å². The third kappa shape index (κ3) is 3.03. The van der Waals surface area contributed by atoms with Gasteiger partial charge in [-0.25, -0.2) is 0 Å². The van der Waals surface area contributed by atoms with Gasteiger partial charge in [0.2, 0.25) is 0 Å². The number of nitrogens with one attached hydrogen (secondary N) is 1. The molecule has 1 aliphatic rings. The van der Waals surface area contributed by atoms with Crippen molar-refractivity contribution in [3.8, 4) is 0 Å². The van der Waals surface area contributed by atoms with Gasteiger partial charge in [-0.15, -0.1) is 0 Å². The van der Waals surface area contributed by atoms with Crippen LogP contribution in [0.1, 0.15) is 49.9 Å². The Bertz CT molecular complexity index is 553. The van der Waals surface area contributed by atoms with Crippen LogP contribution in [0.15, 0.2) is 36.5 Å². The van der Waals surface area contributed by atoms with E-state index in [2.05, 4.69) is 53.5 Å². The molecule has 0 atom stereocenters. The second kappa shape index (κ2) is 6.12. The van der Waals surface area contributed by atoms with Crippen LogP contribution in [0.4, 0.5) is 5.69 Å². The molecule has 1 aliphatic carbocycles. The smallest absolute Gasteiger partial charge is 0.0815 e. The van der Waals surface area contributed by atoms with Crippen LogP contribution in [0, 0.1) is 0 Å². The number of benzene rings is 1. The highest BCUT2D eigenvalue weighted by Gasteiger charge is 2.17. The summed E-state index contributed by atoms with van der Waals surface area (Å²) in [5.41, 5.74) is 3.67. The molecule has 3 heteroatoms. The lowest BCUT2D eigenvalue weighted by Gasteiger charge is -2.09. The Hall–Kier alpha value is -1.77. The summed E-state index contributed by atoms with van der Waals surface area (Å²) in [5.74, 6) is 0. The van der Waals surface area contributed by atoms with Crippen molar-refractivity contribution in [2.75, 3.05) is 5.32 Å². The molecular formula is C17H23N3. The average molecular weight is 269 g/mol. The summed E-state index contributed by atoms with van der Waals surface area (Å²) in [6.07, 6.45) is 8.48. The van der Waals surface area contributed by atoms with Gasteiger partial charge in [0.15, 0.2) is 0 Å². The number of nitrogens with zero attached hydrogens (tertiary/aromatic N) is 2. The van der Waals surface area contributed by atoms with E-state index in [4.69, 9.17) is 5.10 Å². The van der Waals surface area contributed by atoms with Crippen LogP contribution in [0.25, 0.3) is 0 Å². The van der Waals surface area contributed by atoms with Crippen LogP contribution < -0.4 is 5.32 Å². The zero-order chi connectivity index (χ0) is 13.8. The number of hydrogen-bond donors (Lipinski definition) is 1. The van der Waals surface area contributed by atoms with Crippen molar-refractivity contribution in [2.24, 2.45) is 0 Å². The summed E-state index contributed by atoms with van der Waals surface area (Å²) in [6.45, 7) is 2.98. The lowest BCUT2D eigenvalue weighted by atomic mass is 10.1. The average Bonchev–Trinajstić information content (AvgIpc) is 3.16. The van der Waals surface area contributed by atoms with Crippen molar-refractivity contribution >= 4 is 5.69 Å². The van der Waals surface area contributed by atoms with Crippen LogP contribution in [-0.4, -0.2) is 9.78 Å². The molecule has 1 aromatic carbocycles. The van der Waals surface area contributed by atoms with Crippen LogP contribution in [0.5, 0.6) is 0 Å². The molecule has 1 saturated carbocycles. The van der Waals surface area contributed by atoms with Crippen molar-refractivity contribution in [1.29, 1.82) is 0 Å². The third-order valence-corrected chi connectivity index (χ3v) is 4.17. The van der Waals surface area contributed by atoms with Crippen LogP contribution >= 0.6 is 0 Å². The van der Waals surface area contributed by atoms with E-state index in [1.807, 2.05) is 0 Å². The Balaban J connectivity index is 1.60. The van der Waals surface area contributed by atoms with Crippen LogP contribution in [0.2, 0.25) is 0 Å². The van der Waals surface area contributed by atoms with E-state index < -0.39 is 0 Å². The molecule has 0 radical (unpaired) electrons. The second-order valence-corrected chi connectivity index (χ2v) is 5.63. The summed E-state index contributed by atoms with van der Waals surface area (Å²) >= 11 is 0. The topological polar surface area (TPSA) is 29.9 Å². The molecule has 0 bridgehead atoms. The molecule has 3 rings (SSSR count). The molecule has 0 aliphatic heterocycles. The maximum atomic E-state index is 4.70. The third-order valence-electron chi connectivity index (χ3n) is 4.17. The first-order chi connectivity index (χ1) is 9.85. The summed E-state index contributed by atoms with van der Waals surface area (Å²) < 4.78 is 2.16. The minimum atomic E-state index is 0.632. The first kappa shape index (κ1) is 13.2. The number of aryl methyl sites for hydroxylation is 1. The number of hydrogen-bond acceptors (Lipinski definition) is 2. The number of rotatable bonds is 5. The molecule has 1 N–H and O–H groups in total. The van der Waals surface area contributed by atoms with Gasteiger partial charge in [-0.3, -0.25) is 4.68 Å². The van der Waals surface area contributed by atoms with Crippen LogP contribution in [-0.2, 0) is 13.0 Å². The van der Waals surface area contributed by atoms with E-state index in [1.165, 1.54) is 36.9 Å². The summed E-state index contributed by atoms with van der Waals surface area (Å²) in [4.78, 5) is 0. The van der Waals surface area contributed by atoms with E-state index in [0.717, 1.165) is 18.7 Å². The molecule has 0 amide bonds. The fourth-order valence-electron chi connectivity index (χ4n) is 2.94. The fraction of sp³-hybridized carbons (Fsp3) is 0.471. The van der Waals surface area contributed by atoms with Gasteiger partial charge < -0.3 is 5.32 Å². The van der Waals surface area contributed by atoms with Crippen molar-refractivity contribution in [3.63, 3.8) is 0 Å². The largest absolute Gasteiger partial charge is 0.379 e. The maximum Gasteiger partial charge on any atom is 0.0815 e. The van der Waals surface area contributed by atoms with Crippen molar-refractivity contribution in [1.82, 2.24) is 9.78 Å². The molecule has 0 unspecified atom stereocenters. The van der Waals surface area contributed by atoms with E-state index in [-0.39, 0.29) is 0 Å². The van der Waals surface area contributed by atoms with Crippen molar-refractivity contribution in [2.45, 2.75) is 51.6 Å². The van der Waals surface area contributed by atoms with Gasteiger partial charge in [0.25, 0.3) is 0 Å². The quantitative estimate of drug-likeness (QED) is 0.882. The molecule has 1 heterocycles. The molecule has 1 aromatic heterocycles.